The first-order valence-electron chi connectivity index (χ1n) is 10.7. The molecule has 0 aromatic heterocycles. The smallest absolute Gasteiger partial charge is 0.369 e. The van der Waals surface area contributed by atoms with E-state index in [-0.39, 0.29) is 42.3 Å². The molecule has 6 nitrogen and oxygen atoms in total. The zero-order valence-corrected chi connectivity index (χ0v) is 20.2. The fourth-order valence-corrected chi connectivity index (χ4v) is 5.42. The summed E-state index contributed by atoms with van der Waals surface area (Å²) in [7, 11) is -4.07. The first kappa shape index (κ1) is 25.9. The summed E-state index contributed by atoms with van der Waals surface area (Å²) in [6.07, 6.45) is -4.48. The molecule has 4 rings (SSSR count). The number of rotatable bonds is 5. The van der Waals surface area contributed by atoms with Crippen molar-refractivity contribution in [2.45, 2.75) is 11.1 Å². The van der Waals surface area contributed by atoms with E-state index in [2.05, 4.69) is 5.32 Å². The lowest BCUT2D eigenvalue weighted by molar-refractivity contribution is -0.137. The number of halogens is 5. The van der Waals surface area contributed by atoms with Crippen LogP contribution >= 0.6 is 11.6 Å². The maximum Gasteiger partial charge on any atom is 0.416 e. The summed E-state index contributed by atoms with van der Waals surface area (Å²) in [5.41, 5.74) is -0.439. The van der Waals surface area contributed by atoms with Crippen molar-refractivity contribution >= 4 is 38.9 Å². The van der Waals surface area contributed by atoms with Crippen LogP contribution in [0.2, 0.25) is 5.02 Å². The van der Waals surface area contributed by atoms with E-state index < -0.39 is 33.5 Å². The molecule has 36 heavy (non-hydrogen) atoms. The highest BCUT2D eigenvalue weighted by atomic mass is 35.5. The molecule has 3 aromatic carbocycles. The second kappa shape index (κ2) is 10.1. The van der Waals surface area contributed by atoms with Crippen molar-refractivity contribution in [2.24, 2.45) is 0 Å². The van der Waals surface area contributed by atoms with Crippen LogP contribution in [0, 0.1) is 5.82 Å². The van der Waals surface area contributed by atoms with Gasteiger partial charge in [-0.2, -0.15) is 17.5 Å². The Labute approximate surface area is 210 Å². The quantitative estimate of drug-likeness (QED) is 0.447. The maximum atomic E-state index is 14.7. The number of nitrogens with one attached hydrogen (secondary N) is 1. The molecule has 1 fully saturated rings. The minimum atomic E-state index is -4.48. The molecule has 0 radical (unpaired) electrons. The molecule has 0 unspecified atom stereocenters. The summed E-state index contributed by atoms with van der Waals surface area (Å²) < 4.78 is 81.0. The van der Waals surface area contributed by atoms with E-state index in [4.69, 9.17) is 11.6 Å². The van der Waals surface area contributed by atoms with Gasteiger partial charge >= 0.3 is 6.18 Å². The molecule has 0 spiro atoms. The largest absolute Gasteiger partial charge is 0.416 e. The van der Waals surface area contributed by atoms with Crippen LogP contribution in [0.15, 0.2) is 71.6 Å². The van der Waals surface area contributed by atoms with E-state index >= 15 is 0 Å². The van der Waals surface area contributed by atoms with Gasteiger partial charge in [0.15, 0.2) is 0 Å². The predicted molar refractivity (Wildman–Crippen MR) is 128 cm³/mol. The predicted octanol–water partition coefficient (Wildman–Crippen LogP) is 5.26. The highest BCUT2D eigenvalue weighted by molar-refractivity contribution is 7.89. The van der Waals surface area contributed by atoms with E-state index in [9.17, 15) is 30.8 Å². The van der Waals surface area contributed by atoms with Crippen molar-refractivity contribution in [1.82, 2.24) is 4.31 Å². The molecule has 1 saturated heterocycles. The number of hydrogen-bond donors (Lipinski definition) is 1. The Bertz CT molecular complexity index is 1390. The summed E-state index contributed by atoms with van der Waals surface area (Å²) in [6.45, 7) is 0.342. The zero-order chi connectivity index (χ0) is 26.1. The summed E-state index contributed by atoms with van der Waals surface area (Å²) in [4.78, 5) is 13.7. The van der Waals surface area contributed by atoms with Crippen molar-refractivity contribution in [3.63, 3.8) is 0 Å². The number of carbonyl (C=O) groups excluding carboxylic acids is 1. The minimum Gasteiger partial charge on any atom is -0.369 e. The van der Waals surface area contributed by atoms with Gasteiger partial charge < -0.3 is 10.2 Å². The summed E-state index contributed by atoms with van der Waals surface area (Å²) >= 11 is 5.86. The van der Waals surface area contributed by atoms with Crippen LogP contribution < -0.4 is 10.2 Å². The van der Waals surface area contributed by atoms with Crippen LogP contribution in [0.1, 0.15) is 15.9 Å². The molecule has 0 bridgehead atoms. The molecular weight excluding hydrogens is 522 g/mol. The number of alkyl halides is 3. The molecule has 0 aliphatic carbocycles. The average Bonchev–Trinajstić information content (AvgIpc) is 2.85. The molecule has 1 aliphatic rings. The molecule has 1 N–H and O–H groups in total. The first-order valence-corrected chi connectivity index (χ1v) is 12.6. The standard InChI is InChI=1S/C24H20ClF4N3O3S/c25-18-5-1-3-16(13-18)23(33)30-22-8-7-20(15-21(22)26)36(34,35)32-11-9-31(10-12-32)19-6-2-4-17(14-19)24(27,28)29/h1-8,13-15H,9-12H2,(H,30,33). The zero-order valence-electron chi connectivity index (χ0n) is 18.6. The number of carbonyl (C=O) groups is 1. The fourth-order valence-electron chi connectivity index (χ4n) is 3.80. The van der Waals surface area contributed by atoms with E-state index in [1.807, 2.05) is 0 Å². The lowest BCUT2D eigenvalue weighted by Crippen LogP contribution is -2.48. The molecule has 1 amide bonds. The molecule has 1 aliphatic heterocycles. The Hall–Kier alpha value is -3.15. The van der Waals surface area contributed by atoms with Gasteiger partial charge in [-0.05, 0) is 54.6 Å². The lowest BCUT2D eigenvalue weighted by Gasteiger charge is -2.35. The molecule has 3 aromatic rings. The average molecular weight is 542 g/mol. The van der Waals surface area contributed by atoms with E-state index in [1.165, 1.54) is 30.3 Å². The van der Waals surface area contributed by atoms with Gasteiger partial charge in [-0.3, -0.25) is 4.79 Å². The topological polar surface area (TPSA) is 69.7 Å². The number of hydrogen-bond acceptors (Lipinski definition) is 4. The summed E-state index contributed by atoms with van der Waals surface area (Å²) in [5.74, 6) is -1.55. The minimum absolute atomic E-state index is 0.00739. The van der Waals surface area contributed by atoms with Gasteiger partial charge in [0.05, 0.1) is 16.1 Å². The Morgan fingerprint density at radius 2 is 1.61 bits per heavy atom. The third-order valence-corrected chi connectivity index (χ3v) is 7.82. The second-order valence-electron chi connectivity index (χ2n) is 8.05. The maximum absolute atomic E-state index is 14.7. The van der Waals surface area contributed by atoms with Gasteiger partial charge in [-0.25, -0.2) is 12.8 Å². The van der Waals surface area contributed by atoms with Crippen molar-refractivity contribution < 1.29 is 30.8 Å². The number of anilines is 2. The van der Waals surface area contributed by atoms with Gasteiger partial charge in [0.25, 0.3) is 5.91 Å². The SMILES string of the molecule is O=C(Nc1ccc(S(=O)(=O)N2CCN(c3cccc(C(F)(F)F)c3)CC2)cc1F)c1cccc(Cl)c1. The van der Waals surface area contributed by atoms with Crippen LogP contribution in [0.4, 0.5) is 28.9 Å². The summed E-state index contributed by atoms with van der Waals surface area (Å²) in [5, 5.41) is 2.71. The van der Waals surface area contributed by atoms with Gasteiger partial charge in [0.2, 0.25) is 10.0 Å². The first-order chi connectivity index (χ1) is 16.9. The van der Waals surface area contributed by atoms with Crippen molar-refractivity contribution in [1.29, 1.82) is 0 Å². The van der Waals surface area contributed by atoms with Crippen LogP contribution in [0.25, 0.3) is 0 Å². The molecular formula is C24H20ClF4N3O3S. The van der Waals surface area contributed by atoms with Crippen LogP contribution in [0.5, 0.6) is 0 Å². The lowest BCUT2D eigenvalue weighted by atomic mass is 10.1. The van der Waals surface area contributed by atoms with E-state index in [1.54, 1.807) is 17.0 Å². The summed E-state index contributed by atoms with van der Waals surface area (Å²) in [6, 6.07) is 14.0. The third kappa shape index (κ3) is 5.63. The highest BCUT2D eigenvalue weighted by Gasteiger charge is 2.32. The number of amides is 1. The second-order valence-corrected chi connectivity index (χ2v) is 10.4. The number of benzene rings is 3. The molecule has 190 valence electrons. The monoisotopic (exact) mass is 541 g/mol. The van der Waals surface area contributed by atoms with Gasteiger partial charge in [0, 0.05) is 42.5 Å². The molecule has 0 atom stereocenters. The molecule has 1 heterocycles. The van der Waals surface area contributed by atoms with Crippen LogP contribution in [0.3, 0.4) is 0 Å². The van der Waals surface area contributed by atoms with Gasteiger partial charge in [-0.1, -0.05) is 23.7 Å². The fraction of sp³-hybridized carbons (Fsp3) is 0.208. The number of sulfonamides is 1. The Balaban J connectivity index is 1.44. The van der Waals surface area contributed by atoms with Gasteiger partial charge in [0.1, 0.15) is 5.82 Å². The van der Waals surface area contributed by atoms with Crippen LogP contribution in [-0.4, -0.2) is 44.8 Å². The Kier molecular flexibility index (Phi) is 7.26. The van der Waals surface area contributed by atoms with Crippen molar-refractivity contribution in [3.8, 4) is 0 Å². The van der Waals surface area contributed by atoms with Crippen LogP contribution in [-0.2, 0) is 16.2 Å². The Morgan fingerprint density at radius 3 is 2.25 bits per heavy atom. The van der Waals surface area contributed by atoms with E-state index in [0.29, 0.717) is 10.7 Å². The normalized spacial score (nSPS) is 15.1. The van der Waals surface area contributed by atoms with Gasteiger partial charge in [-0.15, -0.1) is 0 Å². The van der Waals surface area contributed by atoms with Crippen molar-refractivity contribution in [2.75, 3.05) is 36.4 Å². The van der Waals surface area contributed by atoms with Crippen molar-refractivity contribution in [3.05, 3.63) is 88.7 Å². The third-order valence-electron chi connectivity index (χ3n) is 5.69. The Morgan fingerprint density at radius 1 is 0.917 bits per heavy atom. The molecule has 12 heteroatoms. The number of nitrogens with zero attached hydrogens (tertiary/aromatic N) is 2. The van der Waals surface area contributed by atoms with E-state index in [0.717, 1.165) is 28.6 Å². The number of piperazine rings is 1. The molecule has 0 saturated carbocycles. The highest BCUT2D eigenvalue weighted by Crippen LogP contribution is 2.32.